The van der Waals surface area contributed by atoms with Crippen LogP contribution in [0, 0.1) is 11.8 Å². The Bertz CT molecular complexity index is 489. The van der Waals surface area contributed by atoms with E-state index in [1.165, 1.54) is 0 Å². The first kappa shape index (κ1) is 14.4. The summed E-state index contributed by atoms with van der Waals surface area (Å²) in [6.45, 7) is 4.05. The van der Waals surface area contributed by atoms with E-state index in [1.807, 2.05) is 29.2 Å². The SMILES string of the molecule is COc1ccccc1CC(=O)N1CC[C@@H]2CNC[C@@H]2CC1. The predicted molar refractivity (Wildman–Crippen MR) is 82.4 cm³/mol. The highest BCUT2D eigenvalue weighted by Gasteiger charge is 2.31. The van der Waals surface area contributed by atoms with Gasteiger partial charge in [-0.15, -0.1) is 0 Å². The number of rotatable bonds is 3. The van der Waals surface area contributed by atoms with Crippen molar-refractivity contribution in [1.82, 2.24) is 10.2 Å². The first-order chi connectivity index (χ1) is 10.3. The summed E-state index contributed by atoms with van der Waals surface area (Å²) in [7, 11) is 1.66. The molecule has 2 aliphatic rings. The molecule has 2 atom stereocenters. The summed E-state index contributed by atoms with van der Waals surface area (Å²) in [6.07, 6.45) is 2.71. The molecule has 0 spiro atoms. The standard InChI is InChI=1S/C17H24N2O2/c1-21-16-5-3-2-4-13(16)10-17(20)19-8-6-14-11-18-12-15(14)7-9-19/h2-5,14-15,18H,6-12H2,1H3/t14-,15+. The lowest BCUT2D eigenvalue weighted by atomic mass is 9.92. The van der Waals surface area contributed by atoms with E-state index in [4.69, 9.17) is 4.74 Å². The molecule has 0 bridgehead atoms. The van der Waals surface area contributed by atoms with Crippen molar-refractivity contribution in [1.29, 1.82) is 0 Å². The van der Waals surface area contributed by atoms with Crippen LogP contribution in [0.3, 0.4) is 0 Å². The van der Waals surface area contributed by atoms with E-state index in [0.717, 1.165) is 62.2 Å². The van der Waals surface area contributed by atoms with Gasteiger partial charge in [0.2, 0.25) is 5.91 Å². The summed E-state index contributed by atoms with van der Waals surface area (Å²) in [4.78, 5) is 14.6. The number of methoxy groups -OCH3 is 1. The highest BCUT2D eigenvalue weighted by atomic mass is 16.5. The zero-order valence-electron chi connectivity index (χ0n) is 12.7. The highest BCUT2D eigenvalue weighted by molar-refractivity contribution is 5.79. The van der Waals surface area contributed by atoms with Crippen molar-refractivity contribution < 1.29 is 9.53 Å². The van der Waals surface area contributed by atoms with Gasteiger partial charge in [0.05, 0.1) is 13.5 Å². The molecule has 4 nitrogen and oxygen atoms in total. The average Bonchev–Trinajstić information content (AvgIpc) is 2.86. The fourth-order valence-corrected chi connectivity index (χ4v) is 3.59. The fourth-order valence-electron chi connectivity index (χ4n) is 3.59. The van der Waals surface area contributed by atoms with E-state index < -0.39 is 0 Å². The minimum atomic E-state index is 0.229. The lowest BCUT2D eigenvalue weighted by Crippen LogP contribution is -2.34. The van der Waals surface area contributed by atoms with Crippen LogP contribution in [0.25, 0.3) is 0 Å². The largest absolute Gasteiger partial charge is 0.496 e. The second-order valence-electron chi connectivity index (χ2n) is 6.13. The Kier molecular flexibility index (Phi) is 4.44. The van der Waals surface area contributed by atoms with Gasteiger partial charge in [-0.2, -0.15) is 0 Å². The zero-order chi connectivity index (χ0) is 14.7. The average molecular weight is 288 g/mol. The Morgan fingerprint density at radius 2 is 1.90 bits per heavy atom. The number of fused-ring (bicyclic) bond motifs is 1. The number of nitrogens with one attached hydrogen (secondary N) is 1. The van der Waals surface area contributed by atoms with Crippen LogP contribution in [0.1, 0.15) is 18.4 Å². The van der Waals surface area contributed by atoms with E-state index in [-0.39, 0.29) is 5.91 Å². The molecule has 0 saturated carbocycles. The van der Waals surface area contributed by atoms with Gasteiger partial charge in [-0.05, 0) is 43.8 Å². The predicted octanol–water partition coefficient (Wildman–Crippen LogP) is 1.70. The number of benzene rings is 1. The number of likely N-dealkylation sites (tertiary alicyclic amines) is 1. The third-order valence-electron chi connectivity index (χ3n) is 4.91. The number of para-hydroxylation sites is 1. The number of hydrogen-bond acceptors (Lipinski definition) is 3. The molecule has 2 aliphatic heterocycles. The van der Waals surface area contributed by atoms with Crippen LogP contribution < -0.4 is 10.1 Å². The van der Waals surface area contributed by atoms with Crippen molar-refractivity contribution in [2.45, 2.75) is 19.3 Å². The summed E-state index contributed by atoms with van der Waals surface area (Å²) in [5.74, 6) is 2.55. The van der Waals surface area contributed by atoms with Gasteiger partial charge >= 0.3 is 0 Å². The molecule has 0 aliphatic carbocycles. The Morgan fingerprint density at radius 1 is 1.24 bits per heavy atom. The maximum atomic E-state index is 12.6. The van der Waals surface area contributed by atoms with Crippen LogP contribution in [0.2, 0.25) is 0 Å². The molecule has 1 N–H and O–H groups in total. The topological polar surface area (TPSA) is 41.6 Å². The van der Waals surface area contributed by atoms with Crippen LogP contribution in [-0.2, 0) is 11.2 Å². The molecule has 3 rings (SSSR count). The first-order valence-corrected chi connectivity index (χ1v) is 7.88. The monoisotopic (exact) mass is 288 g/mol. The summed E-state index contributed by atoms with van der Waals surface area (Å²) >= 11 is 0. The van der Waals surface area contributed by atoms with Gasteiger partial charge in [0.25, 0.3) is 0 Å². The number of carbonyl (C=O) groups excluding carboxylic acids is 1. The van der Waals surface area contributed by atoms with Crippen LogP contribution in [0.4, 0.5) is 0 Å². The van der Waals surface area contributed by atoms with Crippen LogP contribution in [-0.4, -0.2) is 44.1 Å². The highest BCUT2D eigenvalue weighted by Crippen LogP contribution is 2.27. The molecule has 2 heterocycles. The lowest BCUT2D eigenvalue weighted by Gasteiger charge is -2.21. The van der Waals surface area contributed by atoms with Crippen LogP contribution in [0.15, 0.2) is 24.3 Å². The summed E-state index contributed by atoms with van der Waals surface area (Å²) in [5.41, 5.74) is 0.983. The summed E-state index contributed by atoms with van der Waals surface area (Å²) in [6, 6.07) is 7.80. The lowest BCUT2D eigenvalue weighted by molar-refractivity contribution is -0.130. The van der Waals surface area contributed by atoms with Gasteiger partial charge in [0, 0.05) is 18.7 Å². The van der Waals surface area contributed by atoms with Crippen molar-refractivity contribution in [3.63, 3.8) is 0 Å². The van der Waals surface area contributed by atoms with E-state index in [2.05, 4.69) is 5.32 Å². The van der Waals surface area contributed by atoms with Crippen molar-refractivity contribution in [3.05, 3.63) is 29.8 Å². The van der Waals surface area contributed by atoms with Crippen molar-refractivity contribution in [2.24, 2.45) is 11.8 Å². The molecule has 21 heavy (non-hydrogen) atoms. The normalized spacial score (nSPS) is 25.3. The van der Waals surface area contributed by atoms with Gasteiger partial charge in [0.15, 0.2) is 0 Å². The quantitative estimate of drug-likeness (QED) is 0.920. The Labute approximate surface area is 126 Å². The first-order valence-electron chi connectivity index (χ1n) is 7.88. The van der Waals surface area contributed by atoms with E-state index in [0.29, 0.717) is 6.42 Å². The van der Waals surface area contributed by atoms with Crippen LogP contribution in [0.5, 0.6) is 5.75 Å². The van der Waals surface area contributed by atoms with E-state index in [9.17, 15) is 4.79 Å². The summed E-state index contributed by atoms with van der Waals surface area (Å²) < 4.78 is 5.34. The molecule has 114 valence electrons. The minimum Gasteiger partial charge on any atom is -0.496 e. The zero-order valence-corrected chi connectivity index (χ0v) is 12.7. The molecular formula is C17H24N2O2. The third kappa shape index (κ3) is 3.21. The molecular weight excluding hydrogens is 264 g/mol. The van der Waals surface area contributed by atoms with Crippen molar-refractivity contribution in [2.75, 3.05) is 33.3 Å². The second-order valence-corrected chi connectivity index (χ2v) is 6.13. The van der Waals surface area contributed by atoms with Gasteiger partial charge in [-0.25, -0.2) is 0 Å². The number of amides is 1. The maximum Gasteiger partial charge on any atom is 0.227 e. The van der Waals surface area contributed by atoms with E-state index in [1.54, 1.807) is 7.11 Å². The Balaban J connectivity index is 1.63. The molecule has 4 heteroatoms. The molecule has 2 saturated heterocycles. The van der Waals surface area contributed by atoms with Crippen molar-refractivity contribution in [3.8, 4) is 5.75 Å². The maximum absolute atomic E-state index is 12.6. The molecule has 2 fully saturated rings. The molecule has 0 radical (unpaired) electrons. The molecule has 1 aromatic carbocycles. The van der Waals surface area contributed by atoms with Gasteiger partial charge in [0.1, 0.15) is 5.75 Å². The van der Waals surface area contributed by atoms with Gasteiger partial charge in [-0.1, -0.05) is 18.2 Å². The van der Waals surface area contributed by atoms with Gasteiger partial charge in [-0.3, -0.25) is 4.79 Å². The molecule has 1 amide bonds. The number of carbonyl (C=O) groups is 1. The Hall–Kier alpha value is -1.55. The molecule has 0 unspecified atom stereocenters. The molecule has 0 aromatic heterocycles. The number of hydrogen-bond donors (Lipinski definition) is 1. The molecule has 1 aromatic rings. The summed E-state index contributed by atoms with van der Waals surface area (Å²) in [5, 5.41) is 3.47. The second kappa shape index (κ2) is 6.48. The number of nitrogens with zero attached hydrogens (tertiary/aromatic N) is 1. The fraction of sp³-hybridized carbons (Fsp3) is 0.588. The smallest absolute Gasteiger partial charge is 0.227 e. The van der Waals surface area contributed by atoms with Crippen molar-refractivity contribution >= 4 is 5.91 Å². The Morgan fingerprint density at radius 3 is 2.57 bits per heavy atom. The van der Waals surface area contributed by atoms with Crippen LogP contribution >= 0.6 is 0 Å². The minimum absolute atomic E-state index is 0.229. The third-order valence-corrected chi connectivity index (χ3v) is 4.91. The van der Waals surface area contributed by atoms with Gasteiger partial charge < -0.3 is 15.0 Å². The van der Waals surface area contributed by atoms with E-state index >= 15 is 0 Å². The number of ether oxygens (including phenoxy) is 1.